The highest BCUT2D eigenvalue weighted by Gasteiger charge is 2.26. The van der Waals surface area contributed by atoms with Gasteiger partial charge < -0.3 is 21.4 Å². The van der Waals surface area contributed by atoms with Crippen LogP contribution in [0.25, 0.3) is 0 Å². The zero-order chi connectivity index (χ0) is 9.45. The van der Waals surface area contributed by atoms with Crippen LogP contribution >= 0.6 is 0 Å². The van der Waals surface area contributed by atoms with Crippen LogP contribution in [0.3, 0.4) is 0 Å². The molecular weight excluding hydrogens is 184 g/mol. The molecule has 0 saturated carbocycles. The highest BCUT2D eigenvalue weighted by molar-refractivity contribution is 6.38. The van der Waals surface area contributed by atoms with Gasteiger partial charge in [0.25, 0.3) is 0 Å². The minimum atomic E-state index is -0.317. The molecule has 0 aliphatic rings. The lowest BCUT2D eigenvalue weighted by Gasteiger charge is -2.29. The largest absolute Gasteiger partial charge is 0.358 e. The lowest BCUT2D eigenvalue weighted by atomic mass is 10.4. The Morgan fingerprint density at radius 2 is 1.85 bits per heavy atom. The maximum Gasteiger partial charge on any atom is 0.143 e. The van der Waals surface area contributed by atoms with E-state index in [4.69, 9.17) is 15.2 Å². The first kappa shape index (κ1) is 15.5. The molecule has 0 saturated heterocycles. The summed E-state index contributed by atoms with van der Waals surface area (Å²) in [6, 6.07) is 1.20. The van der Waals surface area contributed by atoms with Crippen LogP contribution in [0.5, 0.6) is 0 Å². The number of nitrogens with two attached hydrogens (primary N) is 1. The minimum absolute atomic E-state index is 0. The zero-order valence-corrected chi connectivity index (χ0v) is 10.6. The van der Waals surface area contributed by atoms with E-state index in [1.54, 1.807) is 14.2 Å². The van der Waals surface area contributed by atoms with Crippen molar-refractivity contribution < 1.29 is 9.47 Å². The first-order valence-corrected chi connectivity index (χ1v) is 6.25. The predicted octanol–water partition coefficient (Wildman–Crippen LogP) is 0.441. The molecule has 0 rings (SSSR count). The van der Waals surface area contributed by atoms with Gasteiger partial charge in [0.2, 0.25) is 0 Å². The SMILES string of the molecule is CCC(OC)(OC)[SiH2]CCCN.N. The molecule has 0 aromatic heterocycles. The quantitative estimate of drug-likeness (QED) is 0.361. The first-order chi connectivity index (χ1) is 5.74. The Labute approximate surface area is 83.6 Å². The number of rotatable bonds is 7. The number of hydrogen-bond donors (Lipinski definition) is 2. The summed E-state index contributed by atoms with van der Waals surface area (Å²) in [5.41, 5.74) is 5.18. The lowest BCUT2D eigenvalue weighted by molar-refractivity contribution is -0.146. The standard InChI is InChI=1S/C8H21NO2Si.H3N/c1-4-8(10-2,11-3)12-7-5-6-9;/h4-7,9,12H2,1-3H3;1H3. The van der Waals surface area contributed by atoms with E-state index in [9.17, 15) is 0 Å². The van der Waals surface area contributed by atoms with Crippen molar-refractivity contribution in [2.75, 3.05) is 20.8 Å². The van der Waals surface area contributed by atoms with Gasteiger partial charge in [-0.3, -0.25) is 0 Å². The van der Waals surface area contributed by atoms with Gasteiger partial charge >= 0.3 is 0 Å². The van der Waals surface area contributed by atoms with E-state index in [2.05, 4.69) is 6.92 Å². The fourth-order valence-corrected chi connectivity index (χ4v) is 3.13. The Bertz CT molecular complexity index is 102. The van der Waals surface area contributed by atoms with E-state index < -0.39 is 0 Å². The molecule has 13 heavy (non-hydrogen) atoms. The molecule has 0 amide bonds. The van der Waals surface area contributed by atoms with Crippen molar-refractivity contribution in [2.24, 2.45) is 5.73 Å². The number of ether oxygens (including phenoxy) is 2. The van der Waals surface area contributed by atoms with Gasteiger partial charge in [-0.2, -0.15) is 0 Å². The second kappa shape index (κ2) is 8.65. The highest BCUT2D eigenvalue weighted by atomic mass is 28.2. The van der Waals surface area contributed by atoms with Crippen LogP contribution < -0.4 is 11.9 Å². The Morgan fingerprint density at radius 3 is 2.15 bits per heavy atom. The second-order valence-corrected chi connectivity index (χ2v) is 5.20. The van der Waals surface area contributed by atoms with Crippen LogP contribution in [-0.2, 0) is 9.47 Å². The summed E-state index contributed by atoms with van der Waals surface area (Å²) in [6.45, 7) is 2.88. The molecule has 0 aliphatic heterocycles. The van der Waals surface area contributed by atoms with Crippen molar-refractivity contribution in [3.63, 3.8) is 0 Å². The monoisotopic (exact) mass is 208 g/mol. The van der Waals surface area contributed by atoms with Crippen molar-refractivity contribution in [1.29, 1.82) is 0 Å². The normalized spacial score (nSPS) is 12.0. The van der Waals surface area contributed by atoms with Gasteiger partial charge in [0.1, 0.15) is 5.41 Å². The van der Waals surface area contributed by atoms with Crippen molar-refractivity contribution in [3.8, 4) is 0 Å². The van der Waals surface area contributed by atoms with Crippen LogP contribution in [0.2, 0.25) is 6.04 Å². The average molecular weight is 208 g/mol. The Balaban J connectivity index is 0. The molecular formula is C8H24N2O2Si. The molecule has 0 unspecified atom stereocenters. The molecule has 0 aromatic carbocycles. The topological polar surface area (TPSA) is 79.5 Å². The third-order valence-electron chi connectivity index (χ3n) is 2.29. The molecule has 4 nitrogen and oxygen atoms in total. The summed E-state index contributed by atoms with van der Waals surface area (Å²) in [5.74, 6) is 0. The third kappa shape index (κ3) is 5.38. The molecule has 0 atom stereocenters. The van der Waals surface area contributed by atoms with Gasteiger partial charge in [-0.25, -0.2) is 0 Å². The second-order valence-electron chi connectivity index (χ2n) is 2.92. The first-order valence-electron chi connectivity index (χ1n) is 4.55. The third-order valence-corrected chi connectivity index (χ3v) is 4.99. The molecule has 5 heteroatoms. The molecule has 0 bridgehead atoms. The van der Waals surface area contributed by atoms with Gasteiger partial charge in [-0.15, -0.1) is 0 Å². The summed E-state index contributed by atoms with van der Waals surface area (Å²) in [6.07, 6.45) is 2.04. The molecule has 0 heterocycles. The van der Waals surface area contributed by atoms with Crippen LogP contribution in [0, 0.1) is 0 Å². The van der Waals surface area contributed by atoms with E-state index in [0.29, 0.717) is 0 Å². The van der Waals surface area contributed by atoms with E-state index >= 15 is 0 Å². The smallest absolute Gasteiger partial charge is 0.143 e. The maximum atomic E-state index is 5.42. The van der Waals surface area contributed by atoms with Crippen molar-refractivity contribution in [3.05, 3.63) is 0 Å². The molecule has 0 radical (unpaired) electrons. The van der Waals surface area contributed by atoms with E-state index in [-0.39, 0.29) is 21.1 Å². The highest BCUT2D eigenvalue weighted by Crippen LogP contribution is 2.15. The van der Waals surface area contributed by atoms with Gasteiger partial charge in [-0.1, -0.05) is 13.0 Å². The number of methoxy groups -OCH3 is 2. The summed E-state index contributed by atoms with van der Waals surface area (Å²) in [4.78, 5) is 0. The van der Waals surface area contributed by atoms with Crippen LogP contribution in [0.1, 0.15) is 19.8 Å². The minimum Gasteiger partial charge on any atom is -0.358 e. The number of hydrogen-bond acceptors (Lipinski definition) is 4. The van der Waals surface area contributed by atoms with E-state index in [1.165, 1.54) is 6.04 Å². The Kier molecular flexibility index (Phi) is 10.3. The molecule has 0 aromatic rings. The Morgan fingerprint density at radius 1 is 1.31 bits per heavy atom. The van der Waals surface area contributed by atoms with Gasteiger partial charge in [0.15, 0.2) is 0 Å². The maximum absolute atomic E-state index is 5.42. The molecule has 0 aliphatic carbocycles. The molecule has 0 spiro atoms. The van der Waals surface area contributed by atoms with Crippen LogP contribution in [0.15, 0.2) is 0 Å². The average Bonchev–Trinajstić information content (AvgIpc) is 2.14. The summed E-state index contributed by atoms with van der Waals surface area (Å²) in [7, 11) is 3.13. The van der Waals surface area contributed by atoms with E-state index in [0.717, 1.165) is 19.4 Å². The fourth-order valence-electron chi connectivity index (χ4n) is 1.29. The predicted molar refractivity (Wildman–Crippen MR) is 59.1 cm³/mol. The lowest BCUT2D eigenvalue weighted by Crippen LogP contribution is -2.39. The molecule has 5 N–H and O–H groups in total. The zero-order valence-electron chi connectivity index (χ0n) is 9.14. The summed E-state index contributed by atoms with van der Waals surface area (Å²) >= 11 is 0. The van der Waals surface area contributed by atoms with Gasteiger partial charge in [-0.05, 0) is 19.4 Å². The fraction of sp³-hybridized carbons (Fsp3) is 1.00. The van der Waals surface area contributed by atoms with E-state index in [1.807, 2.05) is 0 Å². The molecule has 82 valence electrons. The van der Waals surface area contributed by atoms with Crippen molar-refractivity contribution >= 4 is 9.52 Å². The molecule has 0 fully saturated rings. The van der Waals surface area contributed by atoms with Crippen LogP contribution in [0.4, 0.5) is 0 Å². The van der Waals surface area contributed by atoms with Crippen LogP contribution in [-0.4, -0.2) is 35.7 Å². The van der Waals surface area contributed by atoms with Crippen molar-refractivity contribution in [2.45, 2.75) is 31.2 Å². The Hall–Kier alpha value is 0.0569. The summed E-state index contributed by atoms with van der Waals surface area (Å²) < 4.78 is 10.8. The van der Waals surface area contributed by atoms with Gasteiger partial charge in [0.05, 0.1) is 9.52 Å². The van der Waals surface area contributed by atoms with Crippen molar-refractivity contribution in [1.82, 2.24) is 6.15 Å². The summed E-state index contributed by atoms with van der Waals surface area (Å²) in [5, 5.41) is 0. The van der Waals surface area contributed by atoms with Gasteiger partial charge in [0, 0.05) is 14.2 Å².